The summed E-state index contributed by atoms with van der Waals surface area (Å²) in [6.07, 6.45) is 3.70. The van der Waals surface area contributed by atoms with Crippen LogP contribution >= 0.6 is 0 Å². The number of carbonyl (C=O) groups excluding carboxylic acids is 1. The third kappa shape index (κ3) is 3.26. The van der Waals surface area contributed by atoms with E-state index in [0.717, 1.165) is 5.56 Å². The molecule has 1 aromatic rings. The summed E-state index contributed by atoms with van der Waals surface area (Å²) in [6, 6.07) is 3.45. The number of ether oxygens (including phenoxy) is 3. The van der Waals surface area contributed by atoms with E-state index in [2.05, 4.69) is 0 Å². The van der Waals surface area contributed by atoms with Crippen molar-refractivity contribution in [3.63, 3.8) is 0 Å². The van der Waals surface area contributed by atoms with Gasteiger partial charge in [-0.3, -0.25) is 0 Å². The number of esters is 1. The summed E-state index contributed by atoms with van der Waals surface area (Å²) >= 11 is 0. The number of rotatable bonds is 5. The van der Waals surface area contributed by atoms with Gasteiger partial charge in [0.15, 0.2) is 0 Å². The second kappa shape index (κ2) is 6.69. The molecule has 0 N–H and O–H groups in total. The van der Waals surface area contributed by atoms with Gasteiger partial charge in [0.05, 0.1) is 14.2 Å². The van der Waals surface area contributed by atoms with Crippen molar-refractivity contribution in [1.29, 1.82) is 0 Å². The van der Waals surface area contributed by atoms with Crippen molar-refractivity contribution in [3.8, 4) is 17.2 Å². The second-order valence-corrected chi connectivity index (χ2v) is 3.58. The predicted octanol–water partition coefficient (Wildman–Crippen LogP) is 2.75. The molecule has 0 radical (unpaired) electrons. The smallest absolute Gasteiger partial charge is 0.335 e. The van der Waals surface area contributed by atoms with E-state index in [4.69, 9.17) is 14.2 Å². The fraction of sp³-hybridized carbons (Fsp3) is 0.357. The normalized spacial score (nSPS) is 10.4. The maximum absolute atomic E-state index is 11.5. The summed E-state index contributed by atoms with van der Waals surface area (Å²) in [5, 5.41) is 0. The summed E-state index contributed by atoms with van der Waals surface area (Å²) in [5.41, 5.74) is 0.844. The zero-order valence-electron chi connectivity index (χ0n) is 11.1. The van der Waals surface area contributed by atoms with E-state index in [0.29, 0.717) is 23.7 Å². The Morgan fingerprint density at radius 1 is 1.22 bits per heavy atom. The van der Waals surface area contributed by atoms with E-state index in [9.17, 15) is 4.79 Å². The molecule has 4 heteroatoms. The lowest BCUT2D eigenvalue weighted by Gasteiger charge is -2.13. The lowest BCUT2D eigenvalue weighted by Crippen LogP contribution is -2.07. The summed E-state index contributed by atoms with van der Waals surface area (Å²) in [5.74, 6) is 1.30. The third-order valence-electron chi connectivity index (χ3n) is 2.46. The summed E-state index contributed by atoms with van der Waals surface area (Å²) < 4.78 is 15.7. The van der Waals surface area contributed by atoms with E-state index in [1.165, 1.54) is 6.08 Å². The van der Waals surface area contributed by atoms with Crippen molar-refractivity contribution < 1.29 is 19.0 Å². The lowest BCUT2D eigenvalue weighted by atomic mass is 10.1. The molecule has 0 heterocycles. The van der Waals surface area contributed by atoms with Gasteiger partial charge < -0.3 is 14.2 Å². The Kier molecular flexibility index (Phi) is 5.24. The molecule has 0 aromatic heterocycles. The fourth-order valence-corrected chi connectivity index (χ4v) is 1.61. The molecule has 0 fully saturated rings. The largest absolute Gasteiger partial charge is 0.496 e. The van der Waals surface area contributed by atoms with Crippen LogP contribution in [-0.2, 0) is 11.2 Å². The number of allylic oxidation sites excluding steroid dienone is 1. The molecular formula is C14H18O4. The molecule has 0 spiro atoms. The highest BCUT2D eigenvalue weighted by Gasteiger charge is 2.14. The van der Waals surface area contributed by atoms with Gasteiger partial charge in [0.2, 0.25) is 0 Å². The molecule has 18 heavy (non-hydrogen) atoms. The fourth-order valence-electron chi connectivity index (χ4n) is 1.61. The predicted molar refractivity (Wildman–Crippen MR) is 69.4 cm³/mol. The van der Waals surface area contributed by atoms with Crippen LogP contribution in [0.25, 0.3) is 0 Å². The molecule has 0 amide bonds. The van der Waals surface area contributed by atoms with E-state index in [1.807, 2.05) is 6.92 Å². The standard InChI is InChI=1S/C14H18O4/c1-5-7-14(15)18-13-9-10(16-3)8-12(17-4)11(13)6-2/h5,7-9H,6H2,1-4H3/b7-5+. The molecule has 98 valence electrons. The van der Waals surface area contributed by atoms with Gasteiger partial charge in [-0.1, -0.05) is 13.0 Å². The van der Waals surface area contributed by atoms with Gasteiger partial charge in [-0.05, 0) is 13.3 Å². The first kappa shape index (κ1) is 14.1. The molecule has 0 atom stereocenters. The van der Waals surface area contributed by atoms with E-state index < -0.39 is 5.97 Å². The average molecular weight is 250 g/mol. The number of benzene rings is 1. The Hall–Kier alpha value is -1.97. The number of hydrogen-bond acceptors (Lipinski definition) is 4. The minimum atomic E-state index is -0.414. The van der Waals surface area contributed by atoms with E-state index in [1.54, 1.807) is 39.4 Å². The Morgan fingerprint density at radius 2 is 1.89 bits per heavy atom. The first-order valence-electron chi connectivity index (χ1n) is 5.75. The van der Waals surface area contributed by atoms with Gasteiger partial charge in [-0.15, -0.1) is 0 Å². The summed E-state index contributed by atoms with van der Waals surface area (Å²) in [6.45, 7) is 3.73. The Labute approximate surface area is 107 Å². The van der Waals surface area contributed by atoms with E-state index >= 15 is 0 Å². The van der Waals surface area contributed by atoms with Crippen LogP contribution < -0.4 is 14.2 Å². The van der Waals surface area contributed by atoms with Gasteiger partial charge in [0, 0.05) is 23.8 Å². The molecule has 4 nitrogen and oxygen atoms in total. The van der Waals surface area contributed by atoms with Crippen molar-refractivity contribution >= 4 is 5.97 Å². The highest BCUT2D eigenvalue weighted by Crippen LogP contribution is 2.34. The highest BCUT2D eigenvalue weighted by atomic mass is 16.5. The van der Waals surface area contributed by atoms with Gasteiger partial charge in [-0.25, -0.2) is 4.79 Å². The molecule has 0 aliphatic carbocycles. The topological polar surface area (TPSA) is 44.8 Å². The minimum absolute atomic E-state index is 0.414. The van der Waals surface area contributed by atoms with Crippen LogP contribution in [0.3, 0.4) is 0 Å². The molecule has 0 unspecified atom stereocenters. The molecule has 0 aliphatic heterocycles. The van der Waals surface area contributed by atoms with Gasteiger partial charge >= 0.3 is 5.97 Å². The molecule has 0 saturated heterocycles. The van der Waals surface area contributed by atoms with Crippen LogP contribution in [0.2, 0.25) is 0 Å². The van der Waals surface area contributed by atoms with Crippen LogP contribution in [0.15, 0.2) is 24.3 Å². The molecule has 1 aromatic carbocycles. The van der Waals surface area contributed by atoms with Crippen LogP contribution in [-0.4, -0.2) is 20.2 Å². The Morgan fingerprint density at radius 3 is 2.39 bits per heavy atom. The first-order valence-corrected chi connectivity index (χ1v) is 5.75. The van der Waals surface area contributed by atoms with Gasteiger partial charge in [-0.2, -0.15) is 0 Å². The van der Waals surface area contributed by atoms with Crippen LogP contribution in [0.5, 0.6) is 17.2 Å². The quantitative estimate of drug-likeness (QED) is 0.458. The van der Waals surface area contributed by atoms with Crippen molar-refractivity contribution in [2.75, 3.05) is 14.2 Å². The average Bonchev–Trinajstić information content (AvgIpc) is 2.37. The summed E-state index contributed by atoms with van der Waals surface area (Å²) in [4.78, 5) is 11.5. The van der Waals surface area contributed by atoms with E-state index in [-0.39, 0.29) is 0 Å². The molecule has 0 bridgehead atoms. The molecule has 1 rings (SSSR count). The van der Waals surface area contributed by atoms with Crippen LogP contribution in [0.4, 0.5) is 0 Å². The van der Waals surface area contributed by atoms with Crippen molar-refractivity contribution in [3.05, 3.63) is 29.8 Å². The number of carbonyl (C=O) groups is 1. The number of methoxy groups -OCH3 is 2. The second-order valence-electron chi connectivity index (χ2n) is 3.58. The van der Waals surface area contributed by atoms with Crippen LogP contribution in [0, 0.1) is 0 Å². The van der Waals surface area contributed by atoms with Crippen molar-refractivity contribution in [1.82, 2.24) is 0 Å². The molecule has 0 aliphatic rings. The maximum atomic E-state index is 11.5. The lowest BCUT2D eigenvalue weighted by molar-refractivity contribution is -0.129. The molecular weight excluding hydrogens is 232 g/mol. The maximum Gasteiger partial charge on any atom is 0.335 e. The molecule has 0 saturated carbocycles. The minimum Gasteiger partial charge on any atom is -0.496 e. The highest BCUT2D eigenvalue weighted by molar-refractivity contribution is 5.84. The summed E-state index contributed by atoms with van der Waals surface area (Å²) in [7, 11) is 3.13. The number of hydrogen-bond donors (Lipinski definition) is 0. The zero-order chi connectivity index (χ0) is 13.5. The van der Waals surface area contributed by atoms with Crippen molar-refractivity contribution in [2.24, 2.45) is 0 Å². The Balaban J connectivity index is 3.18. The van der Waals surface area contributed by atoms with Crippen LogP contribution in [0.1, 0.15) is 19.4 Å². The SMILES string of the molecule is C/C=C/C(=O)Oc1cc(OC)cc(OC)c1CC. The first-order chi connectivity index (χ1) is 8.65. The zero-order valence-corrected chi connectivity index (χ0v) is 11.1. The third-order valence-corrected chi connectivity index (χ3v) is 2.46. The van der Waals surface area contributed by atoms with Gasteiger partial charge in [0.1, 0.15) is 17.2 Å². The monoisotopic (exact) mass is 250 g/mol. The van der Waals surface area contributed by atoms with Gasteiger partial charge in [0.25, 0.3) is 0 Å². The Bertz CT molecular complexity index is 449. The van der Waals surface area contributed by atoms with Crippen molar-refractivity contribution in [2.45, 2.75) is 20.3 Å².